The van der Waals surface area contributed by atoms with Crippen molar-refractivity contribution in [3.05, 3.63) is 88.4 Å². The Morgan fingerprint density at radius 3 is 2.47 bits per heavy atom. The number of halogens is 3. The Hall–Kier alpha value is -3.56. The quantitative estimate of drug-likeness (QED) is 0.327. The molecule has 1 aromatic heterocycles. The van der Waals surface area contributed by atoms with Gasteiger partial charge in [-0.1, -0.05) is 30.3 Å². The van der Waals surface area contributed by atoms with Gasteiger partial charge >= 0.3 is 6.18 Å². The third-order valence-corrected chi connectivity index (χ3v) is 5.96. The first kappa shape index (κ1) is 23.6. The van der Waals surface area contributed by atoms with Crippen LogP contribution < -0.4 is 4.74 Å². The summed E-state index contributed by atoms with van der Waals surface area (Å²) >= 11 is 1.32. The van der Waals surface area contributed by atoms with Gasteiger partial charge in [-0.3, -0.25) is 9.59 Å². The van der Waals surface area contributed by atoms with Gasteiger partial charge in [0.1, 0.15) is 23.1 Å². The molecular formula is C25H18F3NO4S. The maximum absolute atomic E-state index is 12.9. The number of Topliss-reactive ketones (excluding diaryl/α,β-unsaturated/α-hetero) is 2. The number of carbonyl (C=O) groups is 2. The molecule has 0 amide bonds. The third-order valence-electron chi connectivity index (χ3n) is 4.94. The number of nitrogens with zero attached hydrogens (tertiary/aromatic N) is 1. The maximum Gasteiger partial charge on any atom is 0.416 e. The number of aromatic nitrogens is 1. The summed E-state index contributed by atoms with van der Waals surface area (Å²) in [6.07, 6.45) is -4.58. The molecule has 1 N–H and O–H groups in total. The van der Waals surface area contributed by atoms with Gasteiger partial charge in [-0.25, -0.2) is 4.98 Å². The molecule has 4 rings (SSSR count). The van der Waals surface area contributed by atoms with Gasteiger partial charge in [-0.15, -0.1) is 11.3 Å². The fraction of sp³-hybridized carbons (Fsp3) is 0.160. The lowest BCUT2D eigenvalue weighted by Gasteiger charge is -2.09. The van der Waals surface area contributed by atoms with Gasteiger partial charge in [0.25, 0.3) is 0 Å². The summed E-state index contributed by atoms with van der Waals surface area (Å²) in [5, 5.41) is 9.50. The Kier molecular flexibility index (Phi) is 6.76. The van der Waals surface area contributed by atoms with Gasteiger partial charge in [0.05, 0.1) is 22.2 Å². The highest BCUT2D eigenvalue weighted by Crippen LogP contribution is 2.31. The molecule has 34 heavy (non-hydrogen) atoms. The number of ketones is 2. The van der Waals surface area contributed by atoms with Crippen LogP contribution in [-0.2, 0) is 23.8 Å². The number of ether oxygens (including phenoxy) is 1. The molecule has 0 saturated carbocycles. The highest BCUT2D eigenvalue weighted by atomic mass is 32.1. The Balaban J connectivity index is 1.48. The van der Waals surface area contributed by atoms with Gasteiger partial charge in [0.2, 0.25) is 0 Å². The van der Waals surface area contributed by atoms with Crippen LogP contribution in [0.1, 0.15) is 26.5 Å². The average Bonchev–Trinajstić information content (AvgIpc) is 3.20. The van der Waals surface area contributed by atoms with Crippen LogP contribution in [0.15, 0.2) is 66.7 Å². The smallest absolute Gasteiger partial charge is 0.416 e. The summed E-state index contributed by atoms with van der Waals surface area (Å²) < 4.78 is 45.5. The molecule has 3 aromatic carbocycles. The standard InChI is InChI=1S/C25H18F3NO4S/c26-25(27,28)17-5-1-3-15(9-17)10-22(32)16-4-2-6-19(11-16)33-20-7-8-21-23(13-20)34-24(29-21)12-18(31)14-30/h1-9,11,13,30H,10,12,14H2. The lowest BCUT2D eigenvalue weighted by molar-refractivity contribution is -0.137. The van der Waals surface area contributed by atoms with Crippen molar-refractivity contribution >= 4 is 33.1 Å². The van der Waals surface area contributed by atoms with E-state index in [4.69, 9.17) is 9.84 Å². The van der Waals surface area contributed by atoms with E-state index in [0.29, 0.717) is 27.6 Å². The second-order valence-electron chi connectivity index (χ2n) is 7.54. The molecule has 0 radical (unpaired) electrons. The van der Waals surface area contributed by atoms with Crippen LogP contribution in [-0.4, -0.2) is 28.3 Å². The molecule has 0 bridgehead atoms. The SMILES string of the molecule is O=C(CO)Cc1nc2ccc(Oc3cccc(C(=O)Cc4cccc(C(F)(F)F)c4)c3)cc2s1. The van der Waals surface area contributed by atoms with Crippen molar-refractivity contribution in [2.24, 2.45) is 0 Å². The highest BCUT2D eigenvalue weighted by molar-refractivity contribution is 7.18. The van der Waals surface area contributed by atoms with E-state index in [2.05, 4.69) is 4.98 Å². The van der Waals surface area contributed by atoms with E-state index in [9.17, 15) is 22.8 Å². The van der Waals surface area contributed by atoms with Crippen molar-refractivity contribution in [1.82, 2.24) is 4.98 Å². The van der Waals surface area contributed by atoms with E-state index in [1.54, 1.807) is 36.4 Å². The topological polar surface area (TPSA) is 76.5 Å². The molecule has 0 spiro atoms. The van der Waals surface area contributed by atoms with Crippen LogP contribution in [0.2, 0.25) is 0 Å². The first-order chi connectivity index (χ1) is 16.2. The molecule has 9 heteroatoms. The molecular weight excluding hydrogens is 467 g/mol. The molecule has 174 valence electrons. The molecule has 0 unspecified atom stereocenters. The average molecular weight is 485 g/mol. The molecule has 1 heterocycles. The summed E-state index contributed by atoms with van der Waals surface area (Å²) in [6, 6.07) is 16.4. The molecule has 0 fully saturated rings. The van der Waals surface area contributed by atoms with Crippen molar-refractivity contribution < 1.29 is 32.6 Å². The fourth-order valence-electron chi connectivity index (χ4n) is 3.33. The van der Waals surface area contributed by atoms with E-state index in [0.717, 1.165) is 16.8 Å². The minimum absolute atomic E-state index is 0.0576. The number of carbonyl (C=O) groups excluding carboxylic acids is 2. The first-order valence-electron chi connectivity index (χ1n) is 10.2. The predicted molar refractivity (Wildman–Crippen MR) is 121 cm³/mol. The van der Waals surface area contributed by atoms with Crippen molar-refractivity contribution in [2.45, 2.75) is 19.0 Å². The van der Waals surface area contributed by atoms with E-state index >= 15 is 0 Å². The lowest BCUT2D eigenvalue weighted by Crippen LogP contribution is -2.08. The largest absolute Gasteiger partial charge is 0.457 e. The minimum Gasteiger partial charge on any atom is -0.457 e. The number of hydrogen-bond donors (Lipinski definition) is 1. The van der Waals surface area contributed by atoms with Gasteiger partial charge in [0.15, 0.2) is 11.6 Å². The van der Waals surface area contributed by atoms with E-state index in [1.807, 2.05) is 0 Å². The van der Waals surface area contributed by atoms with Crippen LogP contribution in [0.25, 0.3) is 10.2 Å². The number of benzene rings is 3. The Bertz CT molecular complexity index is 1360. The van der Waals surface area contributed by atoms with Crippen molar-refractivity contribution in [2.75, 3.05) is 6.61 Å². The number of rotatable bonds is 8. The zero-order chi connectivity index (χ0) is 24.3. The van der Waals surface area contributed by atoms with Crippen LogP contribution in [0, 0.1) is 0 Å². The number of fused-ring (bicyclic) bond motifs is 1. The minimum atomic E-state index is -4.47. The summed E-state index contributed by atoms with van der Waals surface area (Å²) in [4.78, 5) is 28.5. The van der Waals surface area contributed by atoms with Crippen LogP contribution in [0.3, 0.4) is 0 Å². The third kappa shape index (κ3) is 5.67. The molecule has 5 nitrogen and oxygen atoms in total. The van der Waals surface area contributed by atoms with Crippen molar-refractivity contribution in [3.63, 3.8) is 0 Å². The van der Waals surface area contributed by atoms with Crippen LogP contribution >= 0.6 is 11.3 Å². The maximum atomic E-state index is 12.9. The molecule has 0 atom stereocenters. The molecule has 0 saturated heterocycles. The first-order valence-corrected chi connectivity index (χ1v) is 11.0. The van der Waals surface area contributed by atoms with Gasteiger partial charge in [-0.2, -0.15) is 13.2 Å². The van der Waals surface area contributed by atoms with Gasteiger partial charge in [0, 0.05) is 18.1 Å². The second kappa shape index (κ2) is 9.74. The lowest BCUT2D eigenvalue weighted by atomic mass is 10.0. The number of alkyl halides is 3. The summed E-state index contributed by atoms with van der Waals surface area (Å²) in [5.74, 6) is 0.246. The summed E-state index contributed by atoms with van der Waals surface area (Å²) in [7, 11) is 0. The van der Waals surface area contributed by atoms with Crippen LogP contribution in [0.4, 0.5) is 13.2 Å². The summed E-state index contributed by atoms with van der Waals surface area (Å²) in [6.45, 7) is -0.535. The van der Waals surface area contributed by atoms with Crippen molar-refractivity contribution in [1.29, 1.82) is 0 Å². The zero-order valence-electron chi connectivity index (χ0n) is 17.6. The van der Waals surface area contributed by atoms with E-state index in [1.165, 1.54) is 29.5 Å². The monoisotopic (exact) mass is 485 g/mol. The highest BCUT2D eigenvalue weighted by Gasteiger charge is 2.30. The Morgan fingerprint density at radius 2 is 1.71 bits per heavy atom. The number of hydrogen-bond acceptors (Lipinski definition) is 6. The number of thiazole rings is 1. The van der Waals surface area contributed by atoms with E-state index < -0.39 is 18.3 Å². The normalized spacial score (nSPS) is 11.5. The number of aliphatic hydroxyl groups excluding tert-OH is 1. The number of aliphatic hydroxyl groups is 1. The fourth-order valence-corrected chi connectivity index (χ4v) is 4.35. The molecule has 0 aliphatic carbocycles. The zero-order valence-corrected chi connectivity index (χ0v) is 18.4. The van der Waals surface area contributed by atoms with Gasteiger partial charge < -0.3 is 9.84 Å². The molecule has 4 aromatic rings. The Morgan fingerprint density at radius 1 is 0.941 bits per heavy atom. The second-order valence-corrected chi connectivity index (χ2v) is 8.65. The van der Waals surface area contributed by atoms with Crippen LogP contribution in [0.5, 0.6) is 11.5 Å². The molecule has 0 aliphatic heterocycles. The van der Waals surface area contributed by atoms with Crippen molar-refractivity contribution in [3.8, 4) is 11.5 Å². The van der Waals surface area contributed by atoms with Gasteiger partial charge in [-0.05, 0) is 35.9 Å². The summed E-state index contributed by atoms with van der Waals surface area (Å²) in [5.41, 5.74) is 0.496. The Labute approximate surface area is 196 Å². The predicted octanol–water partition coefficient (Wildman–Crippen LogP) is 5.64. The van der Waals surface area contributed by atoms with E-state index in [-0.39, 0.29) is 30.0 Å². The molecule has 0 aliphatic rings.